The van der Waals surface area contributed by atoms with Crippen LogP contribution in [-0.2, 0) is 6.54 Å². The van der Waals surface area contributed by atoms with Crippen LogP contribution in [0.15, 0.2) is 53.5 Å². The minimum Gasteiger partial charge on any atom is -0.504 e. The molecular weight excluding hydrogens is 358 g/mol. The lowest BCUT2D eigenvalue weighted by Crippen LogP contribution is -2.07. The third kappa shape index (κ3) is 3.32. The fourth-order valence-corrected chi connectivity index (χ4v) is 4.54. The van der Waals surface area contributed by atoms with Crippen molar-refractivity contribution in [3.63, 3.8) is 0 Å². The number of ether oxygens (including phenoxy) is 1. The molecule has 6 heteroatoms. The number of aryl methyl sites for hydroxylation is 1. The molecule has 1 aliphatic heterocycles. The van der Waals surface area contributed by atoms with E-state index in [9.17, 15) is 5.11 Å². The van der Waals surface area contributed by atoms with Crippen molar-refractivity contribution in [1.82, 2.24) is 9.78 Å². The van der Waals surface area contributed by atoms with Crippen molar-refractivity contribution in [1.29, 1.82) is 0 Å². The number of hydrogen-bond donors (Lipinski definition) is 1. The maximum absolute atomic E-state index is 10.2. The number of aromatic nitrogens is 2. The highest BCUT2D eigenvalue weighted by molar-refractivity contribution is 8.14. The number of phenols is 1. The Kier molecular flexibility index (Phi) is 4.66. The highest BCUT2D eigenvalue weighted by Crippen LogP contribution is 2.48. The van der Waals surface area contributed by atoms with Crippen LogP contribution >= 0.6 is 11.8 Å². The lowest BCUT2D eigenvalue weighted by Gasteiger charge is -2.22. The van der Waals surface area contributed by atoms with Gasteiger partial charge in [-0.05, 0) is 37.1 Å². The Morgan fingerprint density at radius 3 is 2.63 bits per heavy atom. The summed E-state index contributed by atoms with van der Waals surface area (Å²) in [6, 6.07) is 15.8. The average molecular weight is 379 g/mol. The Balaban J connectivity index is 1.77. The smallest absolute Gasteiger partial charge is 0.160 e. The second-order valence-corrected chi connectivity index (χ2v) is 7.82. The average Bonchev–Trinajstić information content (AvgIpc) is 2.97. The molecule has 0 radical (unpaired) electrons. The van der Waals surface area contributed by atoms with Gasteiger partial charge in [0.15, 0.2) is 17.3 Å². The van der Waals surface area contributed by atoms with E-state index in [2.05, 4.69) is 12.1 Å². The van der Waals surface area contributed by atoms with Gasteiger partial charge in [-0.2, -0.15) is 5.10 Å². The molecule has 0 aliphatic carbocycles. The number of thioether (sulfide) groups is 1. The Morgan fingerprint density at radius 2 is 1.93 bits per heavy atom. The molecular formula is C21H21N3O2S. The van der Waals surface area contributed by atoms with Crippen LogP contribution < -0.4 is 4.74 Å². The molecule has 0 fully saturated rings. The van der Waals surface area contributed by atoms with E-state index in [0.29, 0.717) is 12.3 Å². The lowest BCUT2D eigenvalue weighted by molar-refractivity contribution is 0.373. The summed E-state index contributed by atoms with van der Waals surface area (Å²) in [7, 11) is 1.55. The van der Waals surface area contributed by atoms with Gasteiger partial charge in [-0.15, -0.1) is 0 Å². The Bertz CT molecular complexity index is 1010. The molecule has 2 aromatic carbocycles. The molecule has 2 heterocycles. The zero-order chi connectivity index (χ0) is 19.0. The van der Waals surface area contributed by atoms with E-state index in [1.165, 1.54) is 5.56 Å². The number of fused-ring (bicyclic) bond motifs is 1. The maximum atomic E-state index is 10.2. The van der Waals surface area contributed by atoms with E-state index in [1.807, 2.05) is 42.8 Å². The van der Waals surface area contributed by atoms with Gasteiger partial charge in [0.05, 0.1) is 29.6 Å². The Labute approximate surface area is 162 Å². The van der Waals surface area contributed by atoms with E-state index in [0.717, 1.165) is 27.7 Å². The molecule has 1 unspecified atom stereocenters. The number of methoxy groups -OCH3 is 1. The first-order chi connectivity index (χ1) is 13.1. The molecule has 1 N–H and O–H groups in total. The number of nitrogens with zero attached hydrogens (tertiary/aromatic N) is 3. The van der Waals surface area contributed by atoms with Crippen LogP contribution in [-0.4, -0.2) is 27.0 Å². The van der Waals surface area contributed by atoms with Gasteiger partial charge < -0.3 is 9.84 Å². The minimum absolute atomic E-state index is 0.0406. The van der Waals surface area contributed by atoms with Crippen LogP contribution in [0.3, 0.4) is 0 Å². The summed E-state index contributed by atoms with van der Waals surface area (Å²) in [6.45, 7) is 4.71. The summed E-state index contributed by atoms with van der Waals surface area (Å²) in [5.41, 5.74) is 4.26. The quantitative estimate of drug-likeness (QED) is 0.705. The van der Waals surface area contributed by atoms with Crippen LogP contribution in [0.4, 0.5) is 5.82 Å². The summed E-state index contributed by atoms with van der Waals surface area (Å²) in [4.78, 5) is 4.79. The molecule has 138 valence electrons. The predicted molar refractivity (Wildman–Crippen MR) is 109 cm³/mol. The highest BCUT2D eigenvalue weighted by Gasteiger charge is 2.30. The van der Waals surface area contributed by atoms with Crippen LogP contribution in [0, 0.1) is 6.92 Å². The van der Waals surface area contributed by atoms with Gasteiger partial charge in [0.25, 0.3) is 0 Å². The van der Waals surface area contributed by atoms with Crippen molar-refractivity contribution < 1.29 is 9.84 Å². The van der Waals surface area contributed by atoms with E-state index < -0.39 is 0 Å². The van der Waals surface area contributed by atoms with Crippen molar-refractivity contribution in [3.05, 3.63) is 70.9 Å². The van der Waals surface area contributed by atoms with Crippen LogP contribution in [0.25, 0.3) is 0 Å². The predicted octanol–water partition coefficient (Wildman–Crippen LogP) is 4.84. The molecule has 0 bridgehead atoms. The molecule has 3 aromatic rings. The summed E-state index contributed by atoms with van der Waals surface area (Å²) in [6.07, 6.45) is 0. The molecule has 0 saturated carbocycles. The van der Waals surface area contributed by atoms with Gasteiger partial charge in [-0.3, -0.25) is 0 Å². The van der Waals surface area contributed by atoms with Crippen molar-refractivity contribution in [2.45, 2.75) is 25.6 Å². The maximum Gasteiger partial charge on any atom is 0.160 e. The molecule has 4 rings (SSSR count). The van der Waals surface area contributed by atoms with E-state index in [1.54, 1.807) is 31.0 Å². The fraction of sp³-hybridized carbons (Fsp3) is 0.238. The Hall–Kier alpha value is -2.73. The van der Waals surface area contributed by atoms with Crippen LogP contribution in [0.1, 0.15) is 34.6 Å². The third-order valence-electron chi connectivity index (χ3n) is 4.64. The standard InChI is InChI=1S/C21H21N3O2S/c1-13-19-20(16-9-10-18(26-3)17(25)11-16)27-14(2)22-21(19)24(23-13)12-15-7-5-4-6-8-15/h4-11,20,25H,12H2,1-3H3. The highest BCUT2D eigenvalue weighted by atomic mass is 32.2. The summed E-state index contributed by atoms with van der Waals surface area (Å²) in [5.74, 6) is 1.52. The van der Waals surface area contributed by atoms with Crippen molar-refractivity contribution in [3.8, 4) is 11.5 Å². The minimum atomic E-state index is 0.0406. The fourth-order valence-electron chi connectivity index (χ4n) is 3.38. The largest absolute Gasteiger partial charge is 0.504 e. The zero-order valence-electron chi connectivity index (χ0n) is 15.5. The van der Waals surface area contributed by atoms with Gasteiger partial charge in [-0.25, -0.2) is 9.67 Å². The summed E-state index contributed by atoms with van der Waals surface area (Å²) >= 11 is 1.68. The van der Waals surface area contributed by atoms with Crippen LogP contribution in [0.2, 0.25) is 0 Å². The third-order valence-corrected chi connectivity index (χ3v) is 5.82. The molecule has 0 spiro atoms. The monoisotopic (exact) mass is 379 g/mol. The number of benzene rings is 2. The van der Waals surface area contributed by atoms with Crippen molar-refractivity contribution in [2.75, 3.05) is 7.11 Å². The first-order valence-corrected chi connectivity index (χ1v) is 9.65. The second-order valence-electron chi connectivity index (χ2n) is 6.53. The van der Waals surface area contributed by atoms with Crippen molar-refractivity contribution in [2.24, 2.45) is 4.99 Å². The molecule has 1 aromatic heterocycles. The number of hydrogen-bond acceptors (Lipinski definition) is 5. The van der Waals surface area contributed by atoms with E-state index >= 15 is 0 Å². The molecule has 1 aliphatic rings. The van der Waals surface area contributed by atoms with E-state index in [-0.39, 0.29) is 11.0 Å². The Morgan fingerprint density at radius 1 is 1.15 bits per heavy atom. The number of phenolic OH excluding ortho intramolecular Hbond substituents is 1. The molecule has 27 heavy (non-hydrogen) atoms. The first kappa shape index (κ1) is 17.7. The molecule has 0 amide bonds. The van der Waals surface area contributed by atoms with E-state index in [4.69, 9.17) is 14.8 Å². The number of aromatic hydroxyl groups is 1. The van der Waals surface area contributed by atoms with Gasteiger partial charge in [-0.1, -0.05) is 48.2 Å². The summed E-state index contributed by atoms with van der Waals surface area (Å²) in [5, 5.41) is 16.0. The van der Waals surface area contributed by atoms with Crippen LogP contribution in [0.5, 0.6) is 11.5 Å². The second kappa shape index (κ2) is 7.12. The molecule has 5 nitrogen and oxygen atoms in total. The van der Waals surface area contributed by atoms with Gasteiger partial charge in [0, 0.05) is 5.56 Å². The summed E-state index contributed by atoms with van der Waals surface area (Å²) < 4.78 is 7.15. The number of rotatable bonds is 4. The van der Waals surface area contributed by atoms with Gasteiger partial charge in [0.2, 0.25) is 0 Å². The normalized spacial score (nSPS) is 16.0. The van der Waals surface area contributed by atoms with Gasteiger partial charge >= 0.3 is 0 Å². The first-order valence-electron chi connectivity index (χ1n) is 8.77. The van der Waals surface area contributed by atoms with Gasteiger partial charge in [0.1, 0.15) is 0 Å². The lowest BCUT2D eigenvalue weighted by atomic mass is 10.0. The zero-order valence-corrected chi connectivity index (χ0v) is 16.3. The number of aliphatic imine (C=N–C) groups is 1. The topological polar surface area (TPSA) is 59.6 Å². The molecule has 0 saturated heterocycles. The van der Waals surface area contributed by atoms with Crippen molar-refractivity contribution >= 4 is 22.6 Å². The molecule has 1 atom stereocenters. The SMILES string of the molecule is COc1ccc(C2SC(C)=Nc3c2c(C)nn3Cc2ccccc2)cc1O.